The molecule has 2 atom stereocenters. The lowest BCUT2D eigenvalue weighted by Crippen LogP contribution is -2.48. The number of anilines is 1. The van der Waals surface area contributed by atoms with Crippen LogP contribution in [0.3, 0.4) is 0 Å². The SMILES string of the molecule is Cl.Clc1ccccc1C(c1nnnn1CC1CCCO1)N1CCN(c2ccccc2)CC1. The number of tetrazole rings is 1. The van der Waals surface area contributed by atoms with Gasteiger partial charge in [0.15, 0.2) is 5.82 Å². The molecule has 3 heterocycles. The second-order valence-corrected chi connectivity index (χ2v) is 8.54. The molecule has 2 unspecified atom stereocenters. The van der Waals surface area contributed by atoms with E-state index in [1.807, 2.05) is 22.9 Å². The topological polar surface area (TPSA) is 59.3 Å². The summed E-state index contributed by atoms with van der Waals surface area (Å²) in [7, 11) is 0. The molecule has 9 heteroatoms. The van der Waals surface area contributed by atoms with Gasteiger partial charge in [0.2, 0.25) is 0 Å². The van der Waals surface area contributed by atoms with Crippen molar-refractivity contribution >= 4 is 29.7 Å². The van der Waals surface area contributed by atoms with Crippen LogP contribution in [0.5, 0.6) is 0 Å². The van der Waals surface area contributed by atoms with Crippen molar-refractivity contribution in [1.29, 1.82) is 0 Å². The number of aromatic nitrogens is 4. The lowest BCUT2D eigenvalue weighted by atomic mass is 10.0. The zero-order valence-corrected chi connectivity index (χ0v) is 19.5. The molecule has 170 valence electrons. The number of para-hydroxylation sites is 1. The van der Waals surface area contributed by atoms with E-state index in [0.717, 1.165) is 62.0 Å². The molecule has 0 bridgehead atoms. The number of ether oxygens (including phenoxy) is 1. The Morgan fingerprint density at radius 1 is 1.00 bits per heavy atom. The normalized spacial score (nSPS) is 20.2. The van der Waals surface area contributed by atoms with Gasteiger partial charge in [0.05, 0.1) is 18.7 Å². The molecule has 0 radical (unpaired) electrons. The van der Waals surface area contributed by atoms with Crippen LogP contribution in [0.25, 0.3) is 0 Å². The standard InChI is InChI=1S/C23H27ClN6O.ClH/c24-21-11-5-4-10-20(21)22(23-25-26-27-30(23)17-19-9-6-16-31-19)29-14-12-28(13-15-29)18-7-2-1-3-8-18;/h1-5,7-8,10-11,19,22H,6,9,12-17H2;1H. The molecule has 7 nitrogen and oxygen atoms in total. The summed E-state index contributed by atoms with van der Waals surface area (Å²) in [6.07, 6.45) is 2.31. The van der Waals surface area contributed by atoms with Crippen molar-refractivity contribution in [2.24, 2.45) is 0 Å². The molecule has 1 aromatic heterocycles. The maximum atomic E-state index is 6.66. The lowest BCUT2D eigenvalue weighted by molar-refractivity contribution is 0.0907. The fourth-order valence-electron chi connectivity index (χ4n) is 4.59. The molecule has 0 saturated carbocycles. The Labute approximate surface area is 199 Å². The molecule has 0 N–H and O–H groups in total. The second-order valence-electron chi connectivity index (χ2n) is 8.14. The summed E-state index contributed by atoms with van der Waals surface area (Å²) < 4.78 is 7.75. The van der Waals surface area contributed by atoms with Crippen molar-refractivity contribution in [2.75, 3.05) is 37.7 Å². The predicted molar refractivity (Wildman–Crippen MR) is 128 cm³/mol. The summed E-state index contributed by atoms with van der Waals surface area (Å²) >= 11 is 6.66. The number of piperazine rings is 1. The quantitative estimate of drug-likeness (QED) is 0.540. The molecule has 2 aliphatic rings. The van der Waals surface area contributed by atoms with Crippen LogP contribution in [0.4, 0.5) is 5.69 Å². The van der Waals surface area contributed by atoms with Crippen molar-refractivity contribution in [3.63, 3.8) is 0 Å². The van der Waals surface area contributed by atoms with Crippen LogP contribution >= 0.6 is 24.0 Å². The Balaban J connectivity index is 0.00000245. The fourth-order valence-corrected chi connectivity index (χ4v) is 4.83. The molecule has 0 aliphatic carbocycles. The first-order valence-corrected chi connectivity index (χ1v) is 11.3. The first kappa shape index (κ1) is 23.0. The summed E-state index contributed by atoms with van der Waals surface area (Å²) in [5.74, 6) is 0.830. The van der Waals surface area contributed by atoms with Crippen LogP contribution in [0.15, 0.2) is 54.6 Å². The van der Waals surface area contributed by atoms with Crippen molar-refractivity contribution in [3.05, 3.63) is 71.0 Å². The minimum Gasteiger partial charge on any atom is -0.376 e. The Morgan fingerprint density at radius 2 is 1.75 bits per heavy atom. The third kappa shape index (κ3) is 4.91. The highest BCUT2D eigenvalue weighted by Gasteiger charge is 2.32. The molecule has 2 aliphatic heterocycles. The Morgan fingerprint density at radius 3 is 2.47 bits per heavy atom. The number of nitrogens with zero attached hydrogens (tertiary/aromatic N) is 6. The van der Waals surface area contributed by atoms with E-state index in [4.69, 9.17) is 16.3 Å². The van der Waals surface area contributed by atoms with E-state index in [1.54, 1.807) is 0 Å². The van der Waals surface area contributed by atoms with E-state index in [-0.39, 0.29) is 24.6 Å². The number of hydrogen-bond donors (Lipinski definition) is 0. The molecule has 0 spiro atoms. The van der Waals surface area contributed by atoms with Crippen LogP contribution in [0.2, 0.25) is 5.02 Å². The highest BCUT2D eigenvalue weighted by molar-refractivity contribution is 6.31. The molecule has 3 aromatic rings. The van der Waals surface area contributed by atoms with E-state index < -0.39 is 0 Å². The van der Waals surface area contributed by atoms with Gasteiger partial charge in [0.25, 0.3) is 0 Å². The monoisotopic (exact) mass is 474 g/mol. The Hall–Kier alpha value is -2.19. The summed E-state index contributed by atoms with van der Waals surface area (Å²) in [5, 5.41) is 13.5. The number of benzene rings is 2. The van der Waals surface area contributed by atoms with Crippen LogP contribution in [0, 0.1) is 0 Å². The molecule has 2 fully saturated rings. The summed E-state index contributed by atoms with van der Waals surface area (Å²) in [5.41, 5.74) is 2.31. The van der Waals surface area contributed by atoms with Crippen LogP contribution < -0.4 is 4.90 Å². The predicted octanol–water partition coefficient (Wildman–Crippen LogP) is 3.84. The van der Waals surface area contributed by atoms with Gasteiger partial charge in [-0.15, -0.1) is 17.5 Å². The molecule has 5 rings (SSSR count). The van der Waals surface area contributed by atoms with E-state index in [2.05, 4.69) is 61.7 Å². The summed E-state index contributed by atoms with van der Waals surface area (Å²) in [4.78, 5) is 4.87. The van der Waals surface area contributed by atoms with Gasteiger partial charge in [0, 0.05) is 43.5 Å². The average molecular weight is 475 g/mol. The van der Waals surface area contributed by atoms with Crippen LogP contribution in [-0.4, -0.2) is 64.0 Å². The van der Waals surface area contributed by atoms with Gasteiger partial charge in [-0.3, -0.25) is 4.90 Å². The largest absolute Gasteiger partial charge is 0.376 e. The number of hydrogen-bond acceptors (Lipinski definition) is 6. The van der Waals surface area contributed by atoms with Crippen molar-refractivity contribution in [2.45, 2.75) is 31.5 Å². The molecule has 2 saturated heterocycles. The Kier molecular flexibility index (Phi) is 7.63. The van der Waals surface area contributed by atoms with Crippen molar-refractivity contribution < 1.29 is 4.74 Å². The highest BCUT2D eigenvalue weighted by atomic mass is 35.5. The first-order valence-electron chi connectivity index (χ1n) is 11.0. The number of halogens is 2. The van der Waals surface area contributed by atoms with E-state index in [1.165, 1.54) is 5.69 Å². The maximum Gasteiger partial charge on any atom is 0.173 e. The van der Waals surface area contributed by atoms with E-state index in [0.29, 0.717) is 6.54 Å². The van der Waals surface area contributed by atoms with E-state index in [9.17, 15) is 0 Å². The van der Waals surface area contributed by atoms with Crippen LogP contribution in [0.1, 0.15) is 30.3 Å². The first-order chi connectivity index (χ1) is 15.3. The van der Waals surface area contributed by atoms with Crippen molar-refractivity contribution in [1.82, 2.24) is 25.1 Å². The fraction of sp³-hybridized carbons (Fsp3) is 0.435. The molecule has 0 amide bonds. The minimum atomic E-state index is -0.0944. The smallest absolute Gasteiger partial charge is 0.173 e. The summed E-state index contributed by atoms with van der Waals surface area (Å²) in [6.45, 7) is 5.18. The van der Waals surface area contributed by atoms with Gasteiger partial charge >= 0.3 is 0 Å². The lowest BCUT2D eigenvalue weighted by Gasteiger charge is -2.40. The Bertz CT molecular complexity index is 987. The number of rotatable bonds is 6. The zero-order chi connectivity index (χ0) is 21.0. The van der Waals surface area contributed by atoms with Crippen LogP contribution in [-0.2, 0) is 11.3 Å². The maximum absolute atomic E-state index is 6.66. The zero-order valence-electron chi connectivity index (χ0n) is 17.9. The van der Waals surface area contributed by atoms with E-state index >= 15 is 0 Å². The van der Waals surface area contributed by atoms with Gasteiger partial charge in [-0.05, 0) is 47.0 Å². The van der Waals surface area contributed by atoms with Gasteiger partial charge in [-0.25, -0.2) is 4.68 Å². The third-order valence-electron chi connectivity index (χ3n) is 6.21. The van der Waals surface area contributed by atoms with Gasteiger partial charge < -0.3 is 9.64 Å². The van der Waals surface area contributed by atoms with Gasteiger partial charge in [-0.1, -0.05) is 48.0 Å². The molecular weight excluding hydrogens is 447 g/mol. The molecule has 32 heavy (non-hydrogen) atoms. The second kappa shape index (κ2) is 10.6. The highest BCUT2D eigenvalue weighted by Crippen LogP contribution is 2.33. The van der Waals surface area contributed by atoms with Gasteiger partial charge in [-0.2, -0.15) is 0 Å². The molecule has 2 aromatic carbocycles. The summed E-state index contributed by atoms with van der Waals surface area (Å²) in [6, 6.07) is 18.5. The minimum absolute atomic E-state index is 0. The third-order valence-corrected chi connectivity index (χ3v) is 6.55. The van der Waals surface area contributed by atoms with Gasteiger partial charge in [0.1, 0.15) is 0 Å². The average Bonchev–Trinajstić information content (AvgIpc) is 3.49. The van der Waals surface area contributed by atoms with Crippen molar-refractivity contribution in [3.8, 4) is 0 Å². The molecular formula is C23H28Cl2N6O.